The van der Waals surface area contributed by atoms with E-state index in [9.17, 15) is 8.42 Å². The van der Waals surface area contributed by atoms with Gasteiger partial charge in [0, 0.05) is 12.1 Å². The lowest BCUT2D eigenvalue weighted by Gasteiger charge is -2.42. The predicted molar refractivity (Wildman–Crippen MR) is 85.6 cm³/mol. The first-order chi connectivity index (χ1) is 10.3. The molecule has 0 spiro atoms. The van der Waals surface area contributed by atoms with Crippen LogP contribution in [0.15, 0.2) is 23.1 Å². The van der Waals surface area contributed by atoms with Crippen molar-refractivity contribution in [3.05, 3.63) is 29.3 Å². The first-order valence-electron chi connectivity index (χ1n) is 7.59. The van der Waals surface area contributed by atoms with Gasteiger partial charge in [0.15, 0.2) is 0 Å². The Hall–Kier alpha value is -1.42. The molecule has 2 unspecified atom stereocenters. The third-order valence-corrected chi connectivity index (χ3v) is 6.33. The maximum absolute atomic E-state index is 12.7. The Bertz CT molecular complexity index is 694. The zero-order valence-electron chi connectivity index (χ0n) is 13.1. The van der Waals surface area contributed by atoms with Crippen molar-refractivity contribution < 1.29 is 8.42 Å². The number of nitrogens with zero attached hydrogens (tertiary/aromatic N) is 1. The average Bonchev–Trinajstić information content (AvgIpc) is 2.49. The lowest BCUT2D eigenvalue weighted by Crippen LogP contribution is -2.58. The molecule has 0 saturated heterocycles. The van der Waals surface area contributed by atoms with Crippen LogP contribution >= 0.6 is 0 Å². The maximum Gasteiger partial charge on any atom is 0.241 e. The van der Waals surface area contributed by atoms with Crippen LogP contribution in [0.4, 0.5) is 0 Å². The smallest absolute Gasteiger partial charge is 0.241 e. The lowest BCUT2D eigenvalue weighted by atomic mass is 9.74. The van der Waals surface area contributed by atoms with Crippen LogP contribution in [0.2, 0.25) is 0 Å². The highest BCUT2D eigenvalue weighted by Crippen LogP contribution is 2.34. The van der Waals surface area contributed by atoms with Crippen LogP contribution in [0.1, 0.15) is 43.7 Å². The molecule has 5 nitrogen and oxygen atoms in total. The van der Waals surface area contributed by atoms with Gasteiger partial charge in [-0.3, -0.25) is 0 Å². The zero-order valence-corrected chi connectivity index (χ0v) is 13.9. The number of benzene rings is 1. The average molecular weight is 321 g/mol. The van der Waals surface area contributed by atoms with E-state index in [1.807, 2.05) is 6.07 Å². The summed E-state index contributed by atoms with van der Waals surface area (Å²) in [4.78, 5) is 0.189. The largest absolute Gasteiger partial charge is 0.329 e. The van der Waals surface area contributed by atoms with Gasteiger partial charge >= 0.3 is 0 Å². The molecule has 1 saturated carbocycles. The van der Waals surface area contributed by atoms with Gasteiger partial charge in [0.05, 0.1) is 16.5 Å². The molecule has 1 aromatic carbocycles. The van der Waals surface area contributed by atoms with Crippen molar-refractivity contribution in [1.29, 1.82) is 5.26 Å². The van der Waals surface area contributed by atoms with Crippen molar-refractivity contribution in [2.75, 3.05) is 6.54 Å². The summed E-state index contributed by atoms with van der Waals surface area (Å²) in [5.41, 5.74) is 6.49. The molecule has 1 aliphatic carbocycles. The normalized spacial score (nSPS) is 25.6. The molecule has 6 heteroatoms. The summed E-state index contributed by atoms with van der Waals surface area (Å²) in [6.07, 6.45) is 3.84. The third-order valence-electron chi connectivity index (χ3n) is 4.78. The number of hydrogen-bond acceptors (Lipinski definition) is 4. The highest BCUT2D eigenvalue weighted by atomic mass is 32.2. The SMILES string of the molecule is Cc1cc(S(=O)(=O)NC2(CN)CCCCC2C)ccc1C#N. The van der Waals surface area contributed by atoms with Crippen LogP contribution < -0.4 is 10.5 Å². The summed E-state index contributed by atoms with van der Waals surface area (Å²) in [6.45, 7) is 4.08. The molecule has 1 fully saturated rings. The van der Waals surface area contributed by atoms with Crippen molar-refractivity contribution in [3.8, 4) is 6.07 Å². The molecular formula is C16H23N3O2S. The highest BCUT2D eigenvalue weighted by molar-refractivity contribution is 7.89. The number of nitriles is 1. The fourth-order valence-corrected chi connectivity index (χ4v) is 4.78. The van der Waals surface area contributed by atoms with Crippen molar-refractivity contribution in [2.24, 2.45) is 11.7 Å². The minimum atomic E-state index is -3.65. The van der Waals surface area contributed by atoms with Crippen molar-refractivity contribution in [2.45, 2.75) is 50.0 Å². The first-order valence-corrected chi connectivity index (χ1v) is 9.08. The summed E-state index contributed by atoms with van der Waals surface area (Å²) < 4.78 is 28.3. The van der Waals surface area contributed by atoms with E-state index in [1.54, 1.807) is 19.1 Å². The van der Waals surface area contributed by atoms with Gasteiger partial charge < -0.3 is 5.73 Å². The van der Waals surface area contributed by atoms with Crippen molar-refractivity contribution >= 4 is 10.0 Å². The van der Waals surface area contributed by atoms with Gasteiger partial charge in [0.25, 0.3) is 0 Å². The van der Waals surface area contributed by atoms with E-state index < -0.39 is 15.6 Å². The van der Waals surface area contributed by atoms with Gasteiger partial charge in [-0.1, -0.05) is 19.8 Å². The molecule has 22 heavy (non-hydrogen) atoms. The lowest BCUT2D eigenvalue weighted by molar-refractivity contribution is 0.191. The number of rotatable bonds is 4. The van der Waals surface area contributed by atoms with Gasteiger partial charge in [-0.2, -0.15) is 5.26 Å². The number of hydrogen-bond donors (Lipinski definition) is 2. The molecule has 120 valence electrons. The number of nitrogens with one attached hydrogen (secondary N) is 1. The molecule has 1 aliphatic rings. The van der Waals surface area contributed by atoms with Gasteiger partial charge in [-0.05, 0) is 49.4 Å². The fourth-order valence-electron chi connectivity index (χ4n) is 3.17. The number of sulfonamides is 1. The molecule has 2 rings (SSSR count). The standard InChI is InChI=1S/C16H23N3O2S/c1-12-9-15(7-6-14(12)10-17)22(20,21)19-16(11-18)8-4-3-5-13(16)2/h6-7,9,13,19H,3-5,8,11,18H2,1-2H3. The minimum absolute atomic E-state index is 0.189. The van der Waals surface area contributed by atoms with Crippen LogP contribution in [0.25, 0.3) is 0 Å². The summed E-state index contributed by atoms with van der Waals surface area (Å²) in [5, 5.41) is 8.96. The minimum Gasteiger partial charge on any atom is -0.329 e. The molecule has 2 atom stereocenters. The second kappa shape index (κ2) is 6.37. The van der Waals surface area contributed by atoms with E-state index in [2.05, 4.69) is 11.6 Å². The van der Waals surface area contributed by atoms with Crippen LogP contribution in [-0.2, 0) is 10.0 Å². The molecular weight excluding hydrogens is 298 g/mol. The molecule has 0 aromatic heterocycles. The summed E-state index contributed by atoms with van der Waals surface area (Å²) in [6, 6.07) is 6.61. The Balaban J connectivity index is 2.34. The van der Waals surface area contributed by atoms with Gasteiger partial charge in [0.2, 0.25) is 10.0 Å². The predicted octanol–water partition coefficient (Wildman–Crippen LogP) is 2.05. The second-order valence-electron chi connectivity index (χ2n) is 6.20. The van der Waals surface area contributed by atoms with E-state index in [4.69, 9.17) is 11.0 Å². The van der Waals surface area contributed by atoms with E-state index in [-0.39, 0.29) is 10.8 Å². The monoisotopic (exact) mass is 321 g/mol. The van der Waals surface area contributed by atoms with Crippen LogP contribution in [0.3, 0.4) is 0 Å². The maximum atomic E-state index is 12.7. The van der Waals surface area contributed by atoms with Crippen molar-refractivity contribution in [1.82, 2.24) is 4.72 Å². The topological polar surface area (TPSA) is 96.0 Å². The zero-order chi connectivity index (χ0) is 16.4. The Morgan fingerprint density at radius 1 is 1.45 bits per heavy atom. The van der Waals surface area contributed by atoms with Crippen molar-refractivity contribution in [3.63, 3.8) is 0 Å². The Labute approximate surface area is 132 Å². The Morgan fingerprint density at radius 3 is 2.73 bits per heavy atom. The summed E-state index contributed by atoms with van der Waals surface area (Å²) in [5.74, 6) is 0.209. The third kappa shape index (κ3) is 3.17. The second-order valence-corrected chi connectivity index (χ2v) is 7.88. The van der Waals surface area contributed by atoms with Crippen LogP contribution in [0.5, 0.6) is 0 Å². The van der Waals surface area contributed by atoms with Gasteiger partial charge in [0.1, 0.15) is 0 Å². The molecule has 0 aliphatic heterocycles. The Kier molecular flexibility index (Phi) is 4.90. The highest BCUT2D eigenvalue weighted by Gasteiger charge is 2.40. The Morgan fingerprint density at radius 2 is 2.18 bits per heavy atom. The van der Waals surface area contributed by atoms with Gasteiger partial charge in [-0.25, -0.2) is 13.1 Å². The quantitative estimate of drug-likeness (QED) is 0.887. The number of aryl methyl sites for hydroxylation is 1. The number of nitrogens with two attached hydrogens (primary N) is 1. The molecule has 0 radical (unpaired) electrons. The molecule has 0 bridgehead atoms. The first kappa shape index (κ1) is 16.9. The fraction of sp³-hybridized carbons (Fsp3) is 0.562. The summed E-state index contributed by atoms with van der Waals surface area (Å²) >= 11 is 0. The van der Waals surface area contributed by atoms with E-state index in [0.717, 1.165) is 25.7 Å². The van der Waals surface area contributed by atoms with E-state index in [1.165, 1.54) is 6.07 Å². The van der Waals surface area contributed by atoms with E-state index in [0.29, 0.717) is 17.7 Å². The van der Waals surface area contributed by atoms with Crippen LogP contribution in [0, 0.1) is 24.2 Å². The molecule has 3 N–H and O–H groups in total. The molecule has 0 heterocycles. The van der Waals surface area contributed by atoms with Gasteiger partial charge in [-0.15, -0.1) is 0 Å². The van der Waals surface area contributed by atoms with E-state index >= 15 is 0 Å². The van der Waals surface area contributed by atoms with Crippen LogP contribution in [-0.4, -0.2) is 20.5 Å². The summed E-state index contributed by atoms with van der Waals surface area (Å²) in [7, 11) is -3.65. The molecule has 0 amide bonds. The molecule has 1 aromatic rings.